The first-order chi connectivity index (χ1) is 12.1. The number of anilines is 1. The van der Waals surface area contributed by atoms with Crippen molar-refractivity contribution in [1.29, 1.82) is 0 Å². The number of piperidine rings is 1. The Morgan fingerprint density at radius 1 is 1.20 bits per heavy atom. The van der Waals surface area contributed by atoms with E-state index in [1.165, 1.54) is 4.90 Å². The minimum absolute atomic E-state index is 0.00862. The fraction of sp³-hybridized carbons (Fsp3) is 0.375. The van der Waals surface area contributed by atoms with E-state index in [9.17, 15) is 18.4 Å². The molecule has 132 valence electrons. The van der Waals surface area contributed by atoms with Crippen molar-refractivity contribution < 1.29 is 18.4 Å². The highest BCUT2D eigenvalue weighted by atomic mass is 32.1. The maximum atomic E-state index is 12.8. The Bertz CT molecular complexity index is 754. The lowest BCUT2D eigenvalue weighted by molar-refractivity contribution is -0.141. The highest BCUT2D eigenvalue weighted by Gasteiger charge is 2.33. The van der Waals surface area contributed by atoms with Crippen molar-refractivity contribution in [2.75, 3.05) is 11.9 Å². The molecule has 6 nitrogen and oxygen atoms in total. The van der Waals surface area contributed by atoms with Gasteiger partial charge in [-0.3, -0.25) is 14.9 Å². The molecule has 1 aromatic heterocycles. The molecule has 2 amide bonds. The summed E-state index contributed by atoms with van der Waals surface area (Å²) in [5.41, 5.74) is 0.661. The fourth-order valence-electron chi connectivity index (χ4n) is 2.75. The molecule has 0 saturated carbocycles. The van der Waals surface area contributed by atoms with E-state index < -0.39 is 23.4 Å². The summed E-state index contributed by atoms with van der Waals surface area (Å²) in [5.74, 6) is -0.584. The molecule has 1 aromatic carbocycles. The van der Waals surface area contributed by atoms with E-state index in [4.69, 9.17) is 0 Å². The predicted molar refractivity (Wildman–Crippen MR) is 88.2 cm³/mol. The second kappa shape index (κ2) is 7.64. The molecule has 1 aliphatic heterocycles. The van der Waals surface area contributed by atoms with Crippen molar-refractivity contribution >= 4 is 28.3 Å². The van der Waals surface area contributed by atoms with Crippen LogP contribution < -0.4 is 5.32 Å². The standard InChI is InChI=1S/C16H16F2N4O2S/c17-13(18)15-20-21-16(25-15)19-14(24)12(10-6-2-1-3-7-10)22-9-5-4-8-11(22)23/h1-3,6-7,12-13H,4-5,8-9H2,(H,19,21,24). The SMILES string of the molecule is O=C(Nc1nnc(C(F)F)s1)C(c1ccccc1)N1CCCCC1=O. The summed E-state index contributed by atoms with van der Waals surface area (Å²) in [4.78, 5) is 26.6. The number of rotatable bonds is 5. The molecule has 1 fully saturated rings. The van der Waals surface area contributed by atoms with E-state index in [0.717, 1.165) is 12.8 Å². The minimum atomic E-state index is -2.74. The van der Waals surface area contributed by atoms with Crippen molar-refractivity contribution in [2.45, 2.75) is 31.7 Å². The first-order valence-corrected chi connectivity index (χ1v) is 8.64. The number of likely N-dealkylation sites (tertiary alicyclic amines) is 1. The van der Waals surface area contributed by atoms with E-state index in [2.05, 4.69) is 15.5 Å². The van der Waals surface area contributed by atoms with E-state index in [1.54, 1.807) is 24.3 Å². The molecule has 1 unspecified atom stereocenters. The Morgan fingerprint density at radius 2 is 1.96 bits per heavy atom. The van der Waals surface area contributed by atoms with Gasteiger partial charge in [-0.1, -0.05) is 41.7 Å². The first-order valence-electron chi connectivity index (χ1n) is 7.83. The lowest BCUT2D eigenvalue weighted by Gasteiger charge is -2.33. The molecule has 2 aromatic rings. The molecule has 25 heavy (non-hydrogen) atoms. The van der Waals surface area contributed by atoms with Crippen molar-refractivity contribution in [1.82, 2.24) is 15.1 Å². The first kappa shape index (κ1) is 17.4. The normalized spacial score (nSPS) is 16.1. The Kier molecular flexibility index (Phi) is 5.32. The van der Waals surface area contributed by atoms with Gasteiger partial charge in [0.1, 0.15) is 6.04 Å². The largest absolute Gasteiger partial charge is 0.327 e. The average molecular weight is 366 g/mol. The van der Waals surface area contributed by atoms with Crippen LogP contribution in [-0.2, 0) is 9.59 Å². The van der Waals surface area contributed by atoms with Gasteiger partial charge in [-0.25, -0.2) is 8.78 Å². The fourth-order valence-corrected chi connectivity index (χ4v) is 3.36. The molecular formula is C16H16F2N4O2S. The van der Waals surface area contributed by atoms with Crippen molar-refractivity contribution in [3.8, 4) is 0 Å². The average Bonchev–Trinajstić information content (AvgIpc) is 3.07. The maximum Gasteiger partial charge on any atom is 0.291 e. The second-order valence-electron chi connectivity index (χ2n) is 5.59. The molecule has 0 radical (unpaired) electrons. The van der Waals surface area contributed by atoms with Crippen LogP contribution >= 0.6 is 11.3 Å². The third-order valence-corrected chi connectivity index (χ3v) is 4.74. The number of aromatic nitrogens is 2. The zero-order valence-corrected chi connectivity index (χ0v) is 14.0. The van der Waals surface area contributed by atoms with Crippen molar-refractivity contribution in [3.05, 3.63) is 40.9 Å². The molecular weight excluding hydrogens is 350 g/mol. The highest BCUT2D eigenvalue weighted by molar-refractivity contribution is 7.15. The highest BCUT2D eigenvalue weighted by Crippen LogP contribution is 2.29. The lowest BCUT2D eigenvalue weighted by Crippen LogP contribution is -2.43. The van der Waals surface area contributed by atoms with Crippen molar-refractivity contribution in [3.63, 3.8) is 0 Å². The second-order valence-corrected chi connectivity index (χ2v) is 6.60. The van der Waals surface area contributed by atoms with Gasteiger partial charge < -0.3 is 4.90 Å². The van der Waals surface area contributed by atoms with Crippen LogP contribution in [0.4, 0.5) is 13.9 Å². The number of hydrogen-bond donors (Lipinski definition) is 1. The number of hydrogen-bond acceptors (Lipinski definition) is 5. The van der Waals surface area contributed by atoms with Crippen LogP contribution in [0.15, 0.2) is 30.3 Å². The summed E-state index contributed by atoms with van der Waals surface area (Å²) in [6.45, 7) is 0.476. The van der Waals surface area contributed by atoms with E-state index >= 15 is 0 Å². The topological polar surface area (TPSA) is 75.2 Å². The molecule has 1 aliphatic rings. The summed E-state index contributed by atoms with van der Waals surface area (Å²) in [5, 5.41) is 8.97. The molecule has 3 rings (SSSR count). The van der Waals surface area contributed by atoms with Crippen LogP contribution in [0.3, 0.4) is 0 Å². The summed E-state index contributed by atoms with van der Waals surface area (Å²) >= 11 is 0.622. The molecule has 1 atom stereocenters. The summed E-state index contributed by atoms with van der Waals surface area (Å²) in [7, 11) is 0. The van der Waals surface area contributed by atoms with Gasteiger partial charge in [0.05, 0.1) is 0 Å². The van der Waals surface area contributed by atoms with Gasteiger partial charge in [0, 0.05) is 13.0 Å². The summed E-state index contributed by atoms with van der Waals surface area (Å²) in [6, 6.07) is 8.07. The quantitative estimate of drug-likeness (QED) is 0.882. The zero-order valence-electron chi connectivity index (χ0n) is 13.2. The smallest absolute Gasteiger partial charge is 0.291 e. The zero-order chi connectivity index (χ0) is 17.8. The van der Waals surface area contributed by atoms with Crippen LogP contribution in [0.2, 0.25) is 0 Å². The predicted octanol–water partition coefficient (Wildman–Crippen LogP) is 3.17. The van der Waals surface area contributed by atoms with Gasteiger partial charge in [0.2, 0.25) is 11.0 Å². The van der Waals surface area contributed by atoms with Crippen LogP contribution in [0.5, 0.6) is 0 Å². The molecule has 0 aliphatic carbocycles. The van der Waals surface area contributed by atoms with Crippen LogP contribution in [0, 0.1) is 0 Å². The number of nitrogens with one attached hydrogen (secondary N) is 1. The monoisotopic (exact) mass is 366 g/mol. The van der Waals surface area contributed by atoms with Crippen molar-refractivity contribution in [2.24, 2.45) is 0 Å². The van der Waals surface area contributed by atoms with Gasteiger partial charge in [-0.05, 0) is 18.4 Å². The molecule has 1 N–H and O–H groups in total. The molecule has 9 heteroatoms. The molecule has 0 spiro atoms. The van der Waals surface area contributed by atoms with E-state index in [-0.39, 0.29) is 11.0 Å². The molecule has 0 bridgehead atoms. The van der Waals surface area contributed by atoms with E-state index in [0.29, 0.717) is 29.9 Å². The summed E-state index contributed by atoms with van der Waals surface area (Å²) in [6.07, 6.45) is -0.731. The number of amides is 2. The maximum absolute atomic E-state index is 12.8. The number of benzene rings is 1. The van der Waals surface area contributed by atoms with Crippen LogP contribution in [0.1, 0.15) is 42.3 Å². The van der Waals surface area contributed by atoms with Crippen LogP contribution in [0.25, 0.3) is 0 Å². The van der Waals surface area contributed by atoms with Gasteiger partial charge in [-0.2, -0.15) is 0 Å². The van der Waals surface area contributed by atoms with Gasteiger partial charge in [-0.15, -0.1) is 10.2 Å². The number of nitrogens with zero attached hydrogens (tertiary/aromatic N) is 3. The third-order valence-electron chi connectivity index (χ3n) is 3.89. The Balaban J connectivity index is 1.85. The van der Waals surface area contributed by atoms with Gasteiger partial charge in [0.15, 0.2) is 5.01 Å². The Morgan fingerprint density at radius 3 is 2.60 bits per heavy atom. The number of alkyl halides is 2. The minimum Gasteiger partial charge on any atom is -0.327 e. The molecule has 1 saturated heterocycles. The number of carbonyl (C=O) groups excluding carboxylic acids is 2. The van der Waals surface area contributed by atoms with Crippen LogP contribution in [-0.4, -0.2) is 33.5 Å². The Labute approximate surface area is 146 Å². The number of carbonyl (C=O) groups is 2. The lowest BCUT2D eigenvalue weighted by atomic mass is 10.0. The van der Waals surface area contributed by atoms with Gasteiger partial charge >= 0.3 is 0 Å². The molecule has 2 heterocycles. The van der Waals surface area contributed by atoms with Gasteiger partial charge in [0.25, 0.3) is 12.3 Å². The summed E-state index contributed by atoms with van der Waals surface area (Å²) < 4.78 is 25.3. The van der Waals surface area contributed by atoms with E-state index in [1.807, 2.05) is 6.07 Å². The third kappa shape index (κ3) is 3.98. The number of halogens is 2. The Hall–Kier alpha value is -2.42.